The highest BCUT2D eigenvalue weighted by atomic mass is 16.5. The first-order valence-electron chi connectivity index (χ1n) is 9.65. The molecule has 1 heterocycles. The van der Waals surface area contributed by atoms with Gasteiger partial charge in [0.2, 0.25) is 5.91 Å². The molecule has 2 N–H and O–H groups in total. The molecule has 1 fully saturated rings. The van der Waals surface area contributed by atoms with Gasteiger partial charge < -0.3 is 15.4 Å². The monoisotopic (exact) mass is 382 g/mol. The van der Waals surface area contributed by atoms with Crippen molar-refractivity contribution in [3.63, 3.8) is 0 Å². The number of nitrogens with one attached hydrogen (secondary N) is 2. The smallest absolute Gasteiger partial charge is 0.271 e. The van der Waals surface area contributed by atoms with Crippen LogP contribution in [0.2, 0.25) is 0 Å². The van der Waals surface area contributed by atoms with E-state index in [1.807, 2.05) is 38.1 Å². The van der Waals surface area contributed by atoms with Crippen LogP contribution in [-0.4, -0.2) is 34.4 Å². The highest BCUT2D eigenvalue weighted by molar-refractivity contribution is 5.92. The Hall–Kier alpha value is -2.96. The maximum absolute atomic E-state index is 12.7. The Labute approximate surface area is 164 Å². The second-order valence-electron chi connectivity index (χ2n) is 6.96. The lowest BCUT2D eigenvalue weighted by atomic mass is 10.0. The summed E-state index contributed by atoms with van der Waals surface area (Å²) in [6.45, 7) is 4.78. The molecule has 1 aromatic heterocycles. The Morgan fingerprint density at radius 3 is 2.82 bits per heavy atom. The van der Waals surface area contributed by atoms with Gasteiger partial charge >= 0.3 is 0 Å². The Morgan fingerprint density at radius 2 is 2.07 bits per heavy atom. The number of ether oxygens (including phenoxy) is 1. The van der Waals surface area contributed by atoms with Crippen LogP contribution in [0, 0.1) is 12.8 Å². The van der Waals surface area contributed by atoms with Gasteiger partial charge in [0.05, 0.1) is 24.4 Å². The molecule has 0 spiro atoms. The molecule has 1 saturated carbocycles. The highest BCUT2D eigenvalue weighted by Gasteiger charge is 2.34. The van der Waals surface area contributed by atoms with Gasteiger partial charge in [0.15, 0.2) is 0 Å². The molecule has 7 heteroatoms. The van der Waals surface area contributed by atoms with E-state index in [1.165, 1.54) is 6.20 Å². The zero-order valence-electron chi connectivity index (χ0n) is 16.3. The maximum atomic E-state index is 12.7. The zero-order valence-corrected chi connectivity index (χ0v) is 16.3. The average Bonchev–Trinajstić information content (AvgIpc) is 3.15. The fourth-order valence-corrected chi connectivity index (χ4v) is 3.43. The zero-order chi connectivity index (χ0) is 19.9. The molecule has 0 unspecified atom stereocenters. The maximum Gasteiger partial charge on any atom is 0.271 e. The van der Waals surface area contributed by atoms with Gasteiger partial charge in [-0.2, -0.15) is 0 Å². The third kappa shape index (κ3) is 5.06. The van der Waals surface area contributed by atoms with Crippen molar-refractivity contribution >= 4 is 11.8 Å². The minimum atomic E-state index is -0.290. The second-order valence-corrected chi connectivity index (χ2v) is 6.96. The summed E-state index contributed by atoms with van der Waals surface area (Å²) in [4.78, 5) is 33.3. The van der Waals surface area contributed by atoms with E-state index in [9.17, 15) is 9.59 Å². The number of carbonyl (C=O) groups is 2. The standard InChI is InChI=1S/C21H26N4O3/c1-3-28-16-7-4-6-15(10-16)12-24-20(26)17-8-5-9-18(17)25-21(27)19-13-22-14(2)11-23-19/h4,6-7,10-11,13,17-18H,3,5,8-9,12H2,1-2H3,(H,24,26)(H,25,27)/t17-,18+/m0/s1. The van der Waals surface area contributed by atoms with Crippen LogP contribution in [0.3, 0.4) is 0 Å². The van der Waals surface area contributed by atoms with Crippen molar-refractivity contribution in [1.29, 1.82) is 0 Å². The third-order valence-corrected chi connectivity index (χ3v) is 4.86. The van der Waals surface area contributed by atoms with E-state index in [0.717, 1.165) is 36.3 Å². The van der Waals surface area contributed by atoms with Crippen molar-refractivity contribution < 1.29 is 14.3 Å². The molecule has 7 nitrogen and oxygen atoms in total. The molecule has 0 aliphatic heterocycles. The number of hydrogen-bond acceptors (Lipinski definition) is 5. The van der Waals surface area contributed by atoms with Crippen LogP contribution >= 0.6 is 0 Å². The molecule has 0 radical (unpaired) electrons. The summed E-state index contributed by atoms with van der Waals surface area (Å²) < 4.78 is 5.49. The van der Waals surface area contributed by atoms with Crippen molar-refractivity contribution in [3.8, 4) is 5.75 Å². The van der Waals surface area contributed by atoms with Crippen molar-refractivity contribution in [2.45, 2.75) is 45.7 Å². The number of hydrogen-bond donors (Lipinski definition) is 2. The van der Waals surface area contributed by atoms with Gasteiger partial charge in [-0.15, -0.1) is 0 Å². The van der Waals surface area contributed by atoms with Crippen molar-refractivity contribution in [2.75, 3.05) is 6.61 Å². The Kier molecular flexibility index (Phi) is 6.57. The Bertz CT molecular complexity index is 823. The van der Waals surface area contributed by atoms with Crippen LogP contribution in [0.25, 0.3) is 0 Å². The Morgan fingerprint density at radius 1 is 1.21 bits per heavy atom. The lowest BCUT2D eigenvalue weighted by molar-refractivity contribution is -0.125. The lowest BCUT2D eigenvalue weighted by Crippen LogP contribution is -2.44. The molecule has 2 amide bonds. The van der Waals surface area contributed by atoms with Crippen LogP contribution < -0.4 is 15.4 Å². The predicted octanol–water partition coefficient (Wildman–Crippen LogP) is 2.40. The summed E-state index contributed by atoms with van der Waals surface area (Å²) in [5.74, 6) is 0.220. The molecular weight excluding hydrogens is 356 g/mol. The van der Waals surface area contributed by atoms with Gasteiger partial charge in [0.25, 0.3) is 5.91 Å². The van der Waals surface area contributed by atoms with Crippen molar-refractivity contribution in [1.82, 2.24) is 20.6 Å². The van der Waals surface area contributed by atoms with Crippen molar-refractivity contribution in [2.24, 2.45) is 5.92 Å². The van der Waals surface area contributed by atoms with Crippen LogP contribution in [0.1, 0.15) is 47.9 Å². The fraction of sp³-hybridized carbons (Fsp3) is 0.429. The molecule has 1 aliphatic carbocycles. The molecule has 1 aliphatic rings. The largest absolute Gasteiger partial charge is 0.494 e. The molecule has 28 heavy (non-hydrogen) atoms. The Balaban J connectivity index is 1.56. The van der Waals surface area contributed by atoms with E-state index in [2.05, 4.69) is 20.6 Å². The number of benzene rings is 1. The van der Waals surface area contributed by atoms with E-state index >= 15 is 0 Å². The molecule has 0 bridgehead atoms. The predicted molar refractivity (Wildman–Crippen MR) is 105 cm³/mol. The fourth-order valence-electron chi connectivity index (χ4n) is 3.43. The van der Waals surface area contributed by atoms with Crippen LogP contribution in [-0.2, 0) is 11.3 Å². The second kappa shape index (κ2) is 9.30. The van der Waals surface area contributed by atoms with Crippen LogP contribution in [0.15, 0.2) is 36.7 Å². The summed E-state index contributed by atoms with van der Waals surface area (Å²) in [5, 5.41) is 5.93. The number of aryl methyl sites for hydroxylation is 1. The quantitative estimate of drug-likeness (QED) is 0.767. The number of nitrogens with zero attached hydrogens (tertiary/aromatic N) is 2. The van der Waals surface area contributed by atoms with Crippen LogP contribution in [0.4, 0.5) is 0 Å². The minimum Gasteiger partial charge on any atom is -0.494 e. The van der Waals surface area contributed by atoms with E-state index in [-0.39, 0.29) is 29.5 Å². The molecule has 0 saturated heterocycles. The van der Waals surface area contributed by atoms with Gasteiger partial charge in [0.1, 0.15) is 11.4 Å². The number of aromatic nitrogens is 2. The van der Waals surface area contributed by atoms with E-state index in [1.54, 1.807) is 6.20 Å². The number of carbonyl (C=O) groups excluding carboxylic acids is 2. The summed E-state index contributed by atoms with van der Waals surface area (Å²) in [6.07, 6.45) is 5.46. The van der Waals surface area contributed by atoms with E-state index < -0.39 is 0 Å². The first kappa shape index (κ1) is 19.8. The first-order valence-corrected chi connectivity index (χ1v) is 9.65. The van der Waals surface area contributed by atoms with Gasteiger partial charge in [0, 0.05) is 18.8 Å². The van der Waals surface area contributed by atoms with Crippen molar-refractivity contribution in [3.05, 3.63) is 53.6 Å². The first-order chi connectivity index (χ1) is 13.6. The number of amides is 2. The van der Waals surface area contributed by atoms with Gasteiger partial charge in [-0.3, -0.25) is 14.6 Å². The molecular formula is C21H26N4O3. The summed E-state index contributed by atoms with van der Waals surface area (Å²) in [5.41, 5.74) is 2.00. The number of rotatable bonds is 7. The molecule has 3 rings (SSSR count). The summed E-state index contributed by atoms with van der Waals surface area (Å²) in [6, 6.07) is 7.49. The normalized spacial score (nSPS) is 18.5. The summed E-state index contributed by atoms with van der Waals surface area (Å²) >= 11 is 0. The SMILES string of the molecule is CCOc1cccc(CNC(=O)[C@H]2CCC[C@H]2NC(=O)c2cnc(C)cn2)c1. The lowest BCUT2D eigenvalue weighted by Gasteiger charge is -2.20. The topological polar surface area (TPSA) is 93.2 Å². The van der Waals surface area contributed by atoms with E-state index in [0.29, 0.717) is 13.2 Å². The van der Waals surface area contributed by atoms with Crippen LogP contribution in [0.5, 0.6) is 5.75 Å². The highest BCUT2D eigenvalue weighted by Crippen LogP contribution is 2.26. The third-order valence-electron chi connectivity index (χ3n) is 4.86. The average molecular weight is 382 g/mol. The minimum absolute atomic E-state index is 0.0420. The van der Waals surface area contributed by atoms with Gasteiger partial charge in [-0.25, -0.2) is 4.98 Å². The van der Waals surface area contributed by atoms with Gasteiger partial charge in [-0.1, -0.05) is 18.6 Å². The van der Waals surface area contributed by atoms with E-state index in [4.69, 9.17) is 4.74 Å². The van der Waals surface area contributed by atoms with Gasteiger partial charge in [-0.05, 0) is 44.4 Å². The summed E-state index contributed by atoms with van der Waals surface area (Å²) in [7, 11) is 0. The molecule has 2 atom stereocenters. The molecule has 1 aromatic carbocycles. The molecule has 148 valence electrons. The molecule has 2 aromatic rings.